The summed E-state index contributed by atoms with van der Waals surface area (Å²) in [6.07, 6.45) is -0.00323. The lowest BCUT2D eigenvalue weighted by molar-refractivity contribution is -0.132. The molecular formula is C32H35NO6. The molecule has 0 spiro atoms. The van der Waals surface area contributed by atoms with E-state index >= 15 is 0 Å². The number of anilines is 1. The number of methoxy groups -OCH3 is 1. The molecule has 1 saturated heterocycles. The van der Waals surface area contributed by atoms with Crippen LogP contribution < -0.4 is 19.1 Å². The van der Waals surface area contributed by atoms with Crippen molar-refractivity contribution in [2.75, 3.05) is 18.6 Å². The Bertz CT molecular complexity index is 1370. The van der Waals surface area contributed by atoms with Crippen LogP contribution >= 0.6 is 0 Å². The second kappa shape index (κ2) is 11.6. The van der Waals surface area contributed by atoms with Crippen molar-refractivity contribution < 1.29 is 28.9 Å². The van der Waals surface area contributed by atoms with Crippen LogP contribution in [-0.4, -0.2) is 36.6 Å². The van der Waals surface area contributed by atoms with Crippen LogP contribution in [0.3, 0.4) is 0 Å². The highest BCUT2D eigenvalue weighted by Gasteiger charge is 2.47. The number of amides is 1. The lowest BCUT2D eigenvalue weighted by atomic mass is 9.94. The Morgan fingerprint density at radius 3 is 2.13 bits per heavy atom. The average molecular weight is 530 g/mol. The minimum atomic E-state index is -0.844. The Morgan fingerprint density at radius 2 is 1.56 bits per heavy atom. The summed E-state index contributed by atoms with van der Waals surface area (Å²) in [6, 6.07) is 18.5. The summed E-state index contributed by atoms with van der Waals surface area (Å²) < 4.78 is 16.9. The van der Waals surface area contributed by atoms with Crippen molar-refractivity contribution in [2.45, 2.75) is 46.8 Å². The first-order valence-electron chi connectivity index (χ1n) is 13.1. The van der Waals surface area contributed by atoms with Gasteiger partial charge in [0.1, 0.15) is 23.0 Å². The number of Topliss-reactive ketones (excluding diaryl/α,β-unsaturated/α-hetero) is 1. The molecule has 1 aliphatic rings. The van der Waals surface area contributed by atoms with Gasteiger partial charge in [-0.25, -0.2) is 0 Å². The topological polar surface area (TPSA) is 85.3 Å². The minimum absolute atomic E-state index is 0.00323. The maximum Gasteiger partial charge on any atom is 0.300 e. The second-order valence-corrected chi connectivity index (χ2v) is 10.3. The molecule has 3 aromatic rings. The zero-order valence-corrected chi connectivity index (χ0v) is 23.2. The van der Waals surface area contributed by atoms with Gasteiger partial charge < -0.3 is 19.3 Å². The van der Waals surface area contributed by atoms with E-state index in [0.717, 1.165) is 5.56 Å². The molecule has 1 fully saturated rings. The standard InChI is InChI=1S/C32H35NO6/c1-19(2)18-38-27-16-9-23(17-21(27)5)30(34)28-29(22-7-12-26(13-8-22)39-20(3)4)33(32(36)31(28)35)24-10-14-25(37-6)15-11-24/h7-17,19-20,29,34H,18H2,1-6H3/b30-28-. The van der Waals surface area contributed by atoms with Crippen LogP contribution in [0, 0.1) is 12.8 Å². The summed E-state index contributed by atoms with van der Waals surface area (Å²) in [6.45, 7) is 10.5. The van der Waals surface area contributed by atoms with E-state index in [4.69, 9.17) is 14.2 Å². The van der Waals surface area contributed by atoms with Crippen LogP contribution in [0.2, 0.25) is 0 Å². The zero-order valence-electron chi connectivity index (χ0n) is 23.2. The first-order valence-corrected chi connectivity index (χ1v) is 13.1. The molecule has 204 valence electrons. The largest absolute Gasteiger partial charge is 0.507 e. The number of hydrogen-bond donors (Lipinski definition) is 1. The van der Waals surface area contributed by atoms with Crippen LogP contribution in [0.5, 0.6) is 17.2 Å². The Kier molecular flexibility index (Phi) is 8.29. The van der Waals surface area contributed by atoms with Crippen molar-refractivity contribution in [3.05, 3.63) is 89.0 Å². The summed E-state index contributed by atoms with van der Waals surface area (Å²) in [7, 11) is 1.56. The van der Waals surface area contributed by atoms with Crippen molar-refractivity contribution >= 4 is 23.1 Å². The number of aliphatic hydroxyl groups excluding tert-OH is 1. The second-order valence-electron chi connectivity index (χ2n) is 10.3. The van der Waals surface area contributed by atoms with E-state index in [2.05, 4.69) is 13.8 Å². The molecule has 39 heavy (non-hydrogen) atoms. The van der Waals surface area contributed by atoms with E-state index in [0.29, 0.717) is 46.6 Å². The number of hydrogen-bond acceptors (Lipinski definition) is 6. The predicted molar refractivity (Wildman–Crippen MR) is 151 cm³/mol. The van der Waals surface area contributed by atoms with E-state index < -0.39 is 17.7 Å². The van der Waals surface area contributed by atoms with E-state index in [-0.39, 0.29) is 17.4 Å². The first-order chi connectivity index (χ1) is 18.6. The predicted octanol–water partition coefficient (Wildman–Crippen LogP) is 6.45. The third-order valence-corrected chi connectivity index (χ3v) is 6.38. The third kappa shape index (κ3) is 5.93. The molecule has 0 aromatic heterocycles. The highest BCUT2D eigenvalue weighted by Crippen LogP contribution is 2.43. The molecule has 0 aliphatic carbocycles. The molecule has 1 atom stereocenters. The number of nitrogens with zero attached hydrogens (tertiary/aromatic N) is 1. The van der Waals surface area contributed by atoms with Crippen molar-refractivity contribution in [1.82, 2.24) is 0 Å². The van der Waals surface area contributed by atoms with E-state index in [1.165, 1.54) is 4.90 Å². The van der Waals surface area contributed by atoms with Gasteiger partial charge in [-0.05, 0) is 92.4 Å². The Labute approximate surface area is 229 Å². The molecule has 3 aromatic carbocycles. The Hall–Kier alpha value is -4.26. The summed E-state index contributed by atoms with van der Waals surface area (Å²) >= 11 is 0. The summed E-state index contributed by atoms with van der Waals surface area (Å²) in [4.78, 5) is 28.3. The number of benzene rings is 3. The molecule has 7 nitrogen and oxygen atoms in total. The van der Waals surface area contributed by atoms with Crippen molar-refractivity contribution in [3.63, 3.8) is 0 Å². The lowest BCUT2D eigenvalue weighted by Gasteiger charge is -2.26. The molecular weight excluding hydrogens is 494 g/mol. The number of ketones is 1. The van der Waals surface area contributed by atoms with Gasteiger partial charge in [-0.1, -0.05) is 26.0 Å². The molecule has 1 aliphatic heterocycles. The van der Waals surface area contributed by atoms with Gasteiger partial charge in [-0.15, -0.1) is 0 Å². The molecule has 1 unspecified atom stereocenters. The number of ether oxygens (including phenoxy) is 3. The number of carbonyl (C=O) groups is 2. The number of carbonyl (C=O) groups excluding carboxylic acids is 2. The molecule has 4 rings (SSSR count). The number of rotatable bonds is 9. The van der Waals surface area contributed by atoms with Crippen LogP contribution in [-0.2, 0) is 9.59 Å². The summed E-state index contributed by atoms with van der Waals surface area (Å²) in [5.41, 5.74) is 2.44. The molecule has 7 heteroatoms. The fourth-order valence-electron chi connectivity index (χ4n) is 4.53. The monoisotopic (exact) mass is 529 g/mol. The van der Waals surface area contributed by atoms with Crippen LogP contribution in [0.4, 0.5) is 5.69 Å². The SMILES string of the molecule is COc1ccc(N2C(=O)C(=O)/C(=C(\O)c3ccc(OCC(C)C)c(C)c3)C2c2ccc(OC(C)C)cc2)cc1. The smallest absolute Gasteiger partial charge is 0.300 e. The summed E-state index contributed by atoms with van der Waals surface area (Å²) in [5, 5.41) is 11.5. The van der Waals surface area contributed by atoms with Crippen molar-refractivity contribution in [1.29, 1.82) is 0 Å². The molecule has 0 saturated carbocycles. The molecule has 0 radical (unpaired) electrons. The van der Waals surface area contributed by atoms with Gasteiger partial charge in [0.05, 0.1) is 31.4 Å². The number of aliphatic hydroxyl groups is 1. The van der Waals surface area contributed by atoms with Gasteiger partial charge in [0.2, 0.25) is 0 Å². The Balaban J connectivity index is 1.82. The minimum Gasteiger partial charge on any atom is -0.507 e. The van der Waals surface area contributed by atoms with Crippen LogP contribution in [0.25, 0.3) is 5.76 Å². The quantitative estimate of drug-likeness (QED) is 0.195. The van der Waals surface area contributed by atoms with Crippen LogP contribution in [0.1, 0.15) is 50.4 Å². The van der Waals surface area contributed by atoms with E-state index in [1.807, 2.05) is 32.9 Å². The molecule has 1 amide bonds. The number of aryl methyl sites for hydroxylation is 1. The van der Waals surface area contributed by atoms with Gasteiger partial charge in [0, 0.05) is 11.3 Å². The zero-order chi connectivity index (χ0) is 28.3. The Morgan fingerprint density at radius 1 is 0.923 bits per heavy atom. The van der Waals surface area contributed by atoms with E-state index in [1.54, 1.807) is 61.7 Å². The van der Waals surface area contributed by atoms with Gasteiger partial charge in [-0.3, -0.25) is 14.5 Å². The summed E-state index contributed by atoms with van der Waals surface area (Å²) in [5.74, 6) is 0.645. The third-order valence-electron chi connectivity index (χ3n) is 6.38. The van der Waals surface area contributed by atoms with Crippen molar-refractivity contribution in [3.8, 4) is 17.2 Å². The fraction of sp³-hybridized carbons (Fsp3) is 0.312. The maximum atomic E-state index is 13.5. The fourth-order valence-corrected chi connectivity index (χ4v) is 4.53. The normalized spacial score (nSPS) is 16.7. The van der Waals surface area contributed by atoms with Gasteiger partial charge in [0.15, 0.2) is 0 Å². The van der Waals surface area contributed by atoms with Gasteiger partial charge >= 0.3 is 0 Å². The van der Waals surface area contributed by atoms with Crippen molar-refractivity contribution in [2.24, 2.45) is 5.92 Å². The maximum absolute atomic E-state index is 13.5. The first kappa shape index (κ1) is 27.8. The lowest BCUT2D eigenvalue weighted by Crippen LogP contribution is -2.29. The highest BCUT2D eigenvalue weighted by molar-refractivity contribution is 6.51. The van der Waals surface area contributed by atoms with Crippen LogP contribution in [0.15, 0.2) is 72.3 Å². The highest BCUT2D eigenvalue weighted by atomic mass is 16.5. The average Bonchev–Trinajstić information content (AvgIpc) is 3.17. The molecule has 1 N–H and O–H groups in total. The van der Waals surface area contributed by atoms with Gasteiger partial charge in [0.25, 0.3) is 11.7 Å². The molecule has 0 bridgehead atoms. The van der Waals surface area contributed by atoms with Gasteiger partial charge in [-0.2, -0.15) is 0 Å². The molecule has 1 heterocycles. The van der Waals surface area contributed by atoms with E-state index in [9.17, 15) is 14.7 Å².